The molecule has 0 radical (unpaired) electrons. The Balaban J connectivity index is 2.11. The van der Waals surface area contributed by atoms with E-state index in [1.165, 1.54) is 5.56 Å². The van der Waals surface area contributed by atoms with Crippen molar-refractivity contribution in [2.75, 3.05) is 12.8 Å². The molecule has 3 nitrogen and oxygen atoms in total. The lowest BCUT2D eigenvalue weighted by Crippen LogP contribution is -2.36. The lowest BCUT2D eigenvalue weighted by Gasteiger charge is -2.22. The van der Waals surface area contributed by atoms with Crippen LogP contribution in [0, 0.1) is 6.92 Å². The standard InChI is InChI=1S/C18H24N2OS2/c1-13-6-8-14(9-7-13)15-10-16(20(4)11-15)17(21)19-12-18(2,3)23-22-5/h6-11H,12H2,1-5H3,(H,19,21). The third kappa shape index (κ3) is 4.82. The third-order valence-electron chi connectivity index (χ3n) is 3.61. The van der Waals surface area contributed by atoms with Crippen LogP contribution in [0.4, 0.5) is 0 Å². The molecule has 0 atom stereocenters. The van der Waals surface area contributed by atoms with Crippen LogP contribution < -0.4 is 5.32 Å². The van der Waals surface area contributed by atoms with Gasteiger partial charge in [0.25, 0.3) is 5.91 Å². The van der Waals surface area contributed by atoms with Crippen molar-refractivity contribution in [3.8, 4) is 11.1 Å². The second kappa shape index (κ2) is 7.49. The maximum absolute atomic E-state index is 12.5. The van der Waals surface area contributed by atoms with E-state index in [1.54, 1.807) is 21.6 Å². The minimum atomic E-state index is -0.0272. The molecule has 1 N–H and O–H groups in total. The van der Waals surface area contributed by atoms with Crippen molar-refractivity contribution in [2.45, 2.75) is 25.5 Å². The van der Waals surface area contributed by atoms with Crippen molar-refractivity contribution in [3.63, 3.8) is 0 Å². The second-order valence-corrected chi connectivity index (χ2v) is 9.39. The molecule has 0 unspecified atom stereocenters. The van der Waals surface area contributed by atoms with E-state index in [0.29, 0.717) is 12.2 Å². The van der Waals surface area contributed by atoms with Crippen molar-refractivity contribution in [3.05, 3.63) is 47.8 Å². The third-order valence-corrected chi connectivity index (χ3v) is 6.22. The number of nitrogens with zero attached hydrogens (tertiary/aromatic N) is 1. The molecule has 23 heavy (non-hydrogen) atoms. The minimum absolute atomic E-state index is 0.0139. The lowest BCUT2D eigenvalue weighted by molar-refractivity contribution is 0.0942. The van der Waals surface area contributed by atoms with E-state index < -0.39 is 0 Å². The highest BCUT2D eigenvalue weighted by atomic mass is 33.1. The van der Waals surface area contributed by atoms with Gasteiger partial charge < -0.3 is 9.88 Å². The Kier molecular flexibility index (Phi) is 5.87. The number of nitrogens with one attached hydrogen (secondary N) is 1. The van der Waals surface area contributed by atoms with Crippen LogP contribution in [-0.2, 0) is 7.05 Å². The van der Waals surface area contributed by atoms with Gasteiger partial charge in [-0.1, -0.05) is 51.4 Å². The zero-order chi connectivity index (χ0) is 17.0. The van der Waals surface area contributed by atoms with Gasteiger partial charge in [-0.25, -0.2) is 0 Å². The lowest BCUT2D eigenvalue weighted by atomic mass is 10.1. The van der Waals surface area contributed by atoms with Gasteiger partial charge in [0.2, 0.25) is 0 Å². The highest BCUT2D eigenvalue weighted by molar-refractivity contribution is 8.76. The predicted molar refractivity (Wildman–Crippen MR) is 103 cm³/mol. The summed E-state index contributed by atoms with van der Waals surface area (Å²) in [4.78, 5) is 12.5. The van der Waals surface area contributed by atoms with Gasteiger partial charge in [0.05, 0.1) is 0 Å². The van der Waals surface area contributed by atoms with Crippen molar-refractivity contribution in [1.82, 2.24) is 9.88 Å². The van der Waals surface area contributed by atoms with Gasteiger partial charge >= 0.3 is 0 Å². The first-order chi connectivity index (χ1) is 10.8. The van der Waals surface area contributed by atoms with E-state index in [2.05, 4.69) is 56.6 Å². The molecule has 0 aliphatic carbocycles. The monoisotopic (exact) mass is 348 g/mol. The predicted octanol–water partition coefficient (Wildman–Crippen LogP) is 4.52. The average Bonchev–Trinajstić information content (AvgIpc) is 2.87. The van der Waals surface area contributed by atoms with Gasteiger partial charge in [-0.3, -0.25) is 4.79 Å². The van der Waals surface area contributed by atoms with Crippen LogP contribution in [0.1, 0.15) is 29.9 Å². The number of carbonyl (C=O) groups is 1. The van der Waals surface area contributed by atoms with Crippen LogP contribution in [0.3, 0.4) is 0 Å². The number of aromatic nitrogens is 1. The Morgan fingerprint density at radius 1 is 1.22 bits per heavy atom. The van der Waals surface area contributed by atoms with Gasteiger partial charge in [0, 0.05) is 30.1 Å². The maximum Gasteiger partial charge on any atom is 0.267 e. The van der Waals surface area contributed by atoms with Crippen molar-refractivity contribution < 1.29 is 4.79 Å². The zero-order valence-corrected chi connectivity index (χ0v) is 16.0. The number of hydrogen-bond acceptors (Lipinski definition) is 3. The highest BCUT2D eigenvalue weighted by Crippen LogP contribution is 2.33. The Labute approximate surface area is 146 Å². The molecule has 2 rings (SSSR count). The Bertz CT molecular complexity index is 675. The Morgan fingerprint density at radius 3 is 2.48 bits per heavy atom. The quantitative estimate of drug-likeness (QED) is 0.779. The summed E-state index contributed by atoms with van der Waals surface area (Å²) in [7, 11) is 5.41. The molecule has 0 saturated carbocycles. The molecule has 124 valence electrons. The van der Waals surface area contributed by atoms with Crippen LogP contribution in [-0.4, -0.2) is 28.0 Å². The van der Waals surface area contributed by atoms with E-state index >= 15 is 0 Å². The summed E-state index contributed by atoms with van der Waals surface area (Å²) in [6, 6.07) is 10.3. The normalized spacial score (nSPS) is 11.5. The van der Waals surface area contributed by atoms with Gasteiger partial charge in [-0.2, -0.15) is 0 Å². The number of hydrogen-bond donors (Lipinski definition) is 1. The maximum atomic E-state index is 12.5. The van der Waals surface area contributed by atoms with Gasteiger partial charge in [0.15, 0.2) is 0 Å². The largest absolute Gasteiger partial charge is 0.349 e. The van der Waals surface area contributed by atoms with Crippen LogP contribution in [0.2, 0.25) is 0 Å². The van der Waals surface area contributed by atoms with Crippen LogP contribution in [0.25, 0.3) is 11.1 Å². The molecule has 5 heteroatoms. The Hall–Kier alpha value is -1.33. The molecule has 2 aromatic rings. The van der Waals surface area contributed by atoms with Gasteiger partial charge in [-0.15, -0.1) is 0 Å². The summed E-state index contributed by atoms with van der Waals surface area (Å²) >= 11 is 0. The van der Waals surface area contributed by atoms with Crippen LogP contribution in [0.15, 0.2) is 36.5 Å². The highest BCUT2D eigenvalue weighted by Gasteiger charge is 2.21. The topological polar surface area (TPSA) is 34.0 Å². The van der Waals surface area contributed by atoms with E-state index in [0.717, 1.165) is 11.1 Å². The molecule has 0 aliphatic rings. The number of carbonyl (C=O) groups excluding carboxylic acids is 1. The van der Waals surface area contributed by atoms with Gasteiger partial charge in [-0.05, 0) is 38.7 Å². The SMILES string of the molecule is CSSC(C)(C)CNC(=O)c1cc(-c2ccc(C)cc2)cn1C. The number of rotatable bonds is 6. The number of amides is 1. The summed E-state index contributed by atoms with van der Waals surface area (Å²) in [5, 5.41) is 3.04. The van der Waals surface area contributed by atoms with E-state index in [1.807, 2.05) is 23.9 Å². The fraction of sp³-hybridized carbons (Fsp3) is 0.389. The minimum Gasteiger partial charge on any atom is -0.349 e. The summed E-state index contributed by atoms with van der Waals surface area (Å²) in [6.07, 6.45) is 4.06. The number of benzene rings is 1. The van der Waals surface area contributed by atoms with Crippen LogP contribution >= 0.6 is 21.6 Å². The molecule has 1 heterocycles. The van der Waals surface area contributed by atoms with E-state index in [9.17, 15) is 4.79 Å². The first kappa shape index (κ1) is 18.0. The fourth-order valence-electron chi connectivity index (χ4n) is 2.33. The zero-order valence-electron chi connectivity index (χ0n) is 14.3. The second-order valence-electron chi connectivity index (χ2n) is 6.28. The van der Waals surface area contributed by atoms with Crippen molar-refractivity contribution >= 4 is 27.5 Å². The molecular formula is C18H24N2OS2. The molecule has 0 bridgehead atoms. The first-order valence-electron chi connectivity index (χ1n) is 7.56. The van der Waals surface area contributed by atoms with Gasteiger partial charge in [0.1, 0.15) is 5.69 Å². The molecule has 0 spiro atoms. The number of aryl methyl sites for hydroxylation is 2. The molecular weight excluding hydrogens is 324 g/mol. The Morgan fingerprint density at radius 2 is 1.87 bits per heavy atom. The molecule has 0 fully saturated rings. The van der Waals surface area contributed by atoms with E-state index in [4.69, 9.17) is 0 Å². The molecule has 1 amide bonds. The summed E-state index contributed by atoms with van der Waals surface area (Å²) in [5.41, 5.74) is 4.11. The summed E-state index contributed by atoms with van der Waals surface area (Å²) in [6.45, 7) is 6.98. The molecule has 1 aromatic heterocycles. The fourth-order valence-corrected chi connectivity index (χ4v) is 4.45. The first-order valence-corrected chi connectivity index (χ1v) is 10.1. The van der Waals surface area contributed by atoms with Crippen molar-refractivity contribution in [2.24, 2.45) is 7.05 Å². The summed E-state index contributed by atoms with van der Waals surface area (Å²) in [5.74, 6) is -0.0272. The molecule has 0 aliphatic heterocycles. The smallest absolute Gasteiger partial charge is 0.267 e. The molecule has 1 aromatic carbocycles. The molecule has 0 saturated heterocycles. The average molecular weight is 349 g/mol. The summed E-state index contributed by atoms with van der Waals surface area (Å²) < 4.78 is 1.90. The van der Waals surface area contributed by atoms with E-state index in [-0.39, 0.29) is 10.7 Å². The van der Waals surface area contributed by atoms with Crippen molar-refractivity contribution in [1.29, 1.82) is 0 Å². The van der Waals surface area contributed by atoms with Crippen LogP contribution in [0.5, 0.6) is 0 Å².